The lowest BCUT2D eigenvalue weighted by Crippen LogP contribution is -2.52. The molecule has 1 saturated heterocycles. The van der Waals surface area contributed by atoms with Crippen LogP contribution < -0.4 is 5.56 Å². The highest BCUT2D eigenvalue weighted by atomic mass is 16.2. The van der Waals surface area contributed by atoms with Crippen molar-refractivity contribution in [1.82, 2.24) is 24.6 Å². The Kier molecular flexibility index (Phi) is 3.11. The topological polar surface area (TPSA) is 83.9 Å². The molecular formula is C16H19N5O2. The van der Waals surface area contributed by atoms with Gasteiger partial charge in [0.1, 0.15) is 5.69 Å². The van der Waals surface area contributed by atoms with Gasteiger partial charge < -0.3 is 4.90 Å². The summed E-state index contributed by atoms with van der Waals surface area (Å²) in [6.45, 7) is 4.46. The summed E-state index contributed by atoms with van der Waals surface area (Å²) in [5, 5.41) is 2.87. The van der Waals surface area contributed by atoms with Gasteiger partial charge >= 0.3 is 0 Å². The molecule has 120 valence electrons. The van der Waals surface area contributed by atoms with Gasteiger partial charge in [-0.25, -0.2) is 9.97 Å². The van der Waals surface area contributed by atoms with Crippen LogP contribution in [0.4, 0.5) is 0 Å². The predicted octanol–water partition coefficient (Wildman–Crippen LogP) is 1.20. The van der Waals surface area contributed by atoms with Crippen LogP contribution in [-0.4, -0.2) is 43.1 Å². The van der Waals surface area contributed by atoms with E-state index in [2.05, 4.69) is 15.1 Å². The fourth-order valence-electron chi connectivity index (χ4n) is 3.25. The number of hydrogen-bond acceptors (Lipinski definition) is 4. The van der Waals surface area contributed by atoms with E-state index in [9.17, 15) is 9.59 Å². The molecule has 23 heavy (non-hydrogen) atoms. The lowest BCUT2D eigenvalue weighted by Gasteiger charge is -2.41. The SMILES string of the molecule is Cc1cc(C)nc(-n2[nH]c(C(=O)N3CCC3C3CC3)cc2=O)n1. The summed E-state index contributed by atoms with van der Waals surface area (Å²) >= 11 is 0. The molecular weight excluding hydrogens is 294 g/mol. The number of carbonyl (C=O) groups is 1. The minimum atomic E-state index is -0.318. The summed E-state index contributed by atoms with van der Waals surface area (Å²) in [7, 11) is 0. The zero-order chi connectivity index (χ0) is 16.1. The van der Waals surface area contributed by atoms with Crippen LogP contribution in [0.1, 0.15) is 41.1 Å². The van der Waals surface area contributed by atoms with Crippen LogP contribution in [0.25, 0.3) is 5.95 Å². The number of aromatic nitrogens is 4. The van der Waals surface area contributed by atoms with Gasteiger partial charge in [-0.1, -0.05) is 0 Å². The van der Waals surface area contributed by atoms with Crippen molar-refractivity contribution in [3.63, 3.8) is 0 Å². The Labute approximate surface area is 133 Å². The first-order chi connectivity index (χ1) is 11.0. The maximum absolute atomic E-state index is 12.6. The first-order valence-corrected chi connectivity index (χ1v) is 7.98. The number of nitrogens with one attached hydrogen (secondary N) is 1. The summed E-state index contributed by atoms with van der Waals surface area (Å²) in [6, 6.07) is 3.53. The molecule has 1 saturated carbocycles. The van der Waals surface area contributed by atoms with Crippen LogP contribution in [0.5, 0.6) is 0 Å². The van der Waals surface area contributed by atoms with Crippen molar-refractivity contribution in [3.05, 3.63) is 39.6 Å². The van der Waals surface area contributed by atoms with E-state index in [1.807, 2.05) is 24.8 Å². The highest BCUT2D eigenvalue weighted by molar-refractivity contribution is 5.93. The van der Waals surface area contributed by atoms with E-state index in [0.717, 1.165) is 24.4 Å². The molecule has 7 heteroatoms. The van der Waals surface area contributed by atoms with Gasteiger partial charge in [-0.05, 0) is 45.1 Å². The molecule has 3 heterocycles. The smallest absolute Gasteiger partial charge is 0.274 e. The number of nitrogens with zero attached hydrogens (tertiary/aromatic N) is 4. The monoisotopic (exact) mass is 313 g/mol. The number of likely N-dealkylation sites (tertiary alicyclic amines) is 1. The Hall–Kier alpha value is -2.44. The summed E-state index contributed by atoms with van der Waals surface area (Å²) in [5.41, 5.74) is 1.54. The van der Waals surface area contributed by atoms with Gasteiger partial charge in [-0.15, -0.1) is 0 Å². The molecule has 1 amide bonds. The van der Waals surface area contributed by atoms with Crippen LogP contribution in [0.3, 0.4) is 0 Å². The van der Waals surface area contributed by atoms with Crippen LogP contribution in [0, 0.1) is 19.8 Å². The number of rotatable bonds is 3. The fraction of sp³-hybridized carbons (Fsp3) is 0.500. The first-order valence-electron chi connectivity index (χ1n) is 7.98. The zero-order valence-electron chi connectivity index (χ0n) is 13.2. The second kappa shape index (κ2) is 5.04. The number of aromatic amines is 1. The molecule has 2 aliphatic rings. The average Bonchev–Trinajstić information content (AvgIpc) is 3.17. The molecule has 0 aromatic carbocycles. The van der Waals surface area contributed by atoms with Crippen LogP contribution in [0.15, 0.2) is 16.9 Å². The summed E-state index contributed by atoms with van der Waals surface area (Å²) in [4.78, 5) is 35.2. The summed E-state index contributed by atoms with van der Waals surface area (Å²) in [5.74, 6) is 0.826. The molecule has 2 aromatic heterocycles. The summed E-state index contributed by atoms with van der Waals surface area (Å²) in [6.07, 6.45) is 3.49. The van der Waals surface area contributed by atoms with Crippen LogP contribution >= 0.6 is 0 Å². The van der Waals surface area contributed by atoms with Crippen molar-refractivity contribution in [2.75, 3.05) is 6.54 Å². The van der Waals surface area contributed by atoms with Crippen LogP contribution in [0.2, 0.25) is 0 Å². The number of aryl methyl sites for hydroxylation is 2. The van der Waals surface area contributed by atoms with E-state index in [4.69, 9.17) is 0 Å². The maximum atomic E-state index is 12.6. The van der Waals surface area contributed by atoms with E-state index >= 15 is 0 Å². The highest BCUT2D eigenvalue weighted by Crippen LogP contribution is 2.41. The van der Waals surface area contributed by atoms with Crippen molar-refractivity contribution in [3.8, 4) is 5.95 Å². The van der Waals surface area contributed by atoms with Crippen molar-refractivity contribution >= 4 is 5.91 Å². The normalized spacial score (nSPS) is 20.4. The third-order valence-corrected chi connectivity index (χ3v) is 4.61. The molecule has 0 bridgehead atoms. The largest absolute Gasteiger partial charge is 0.334 e. The lowest BCUT2D eigenvalue weighted by atomic mass is 9.97. The van der Waals surface area contributed by atoms with Crippen LogP contribution in [-0.2, 0) is 0 Å². The van der Waals surface area contributed by atoms with Gasteiger partial charge in [0.15, 0.2) is 0 Å². The molecule has 1 aliphatic carbocycles. The molecule has 1 unspecified atom stereocenters. The van der Waals surface area contributed by atoms with Crippen molar-refractivity contribution in [2.45, 2.75) is 39.2 Å². The van der Waals surface area contributed by atoms with Gasteiger partial charge in [-0.2, -0.15) is 4.68 Å². The molecule has 7 nitrogen and oxygen atoms in total. The average molecular weight is 313 g/mol. The third-order valence-electron chi connectivity index (χ3n) is 4.61. The van der Waals surface area contributed by atoms with Crippen molar-refractivity contribution in [1.29, 1.82) is 0 Å². The quantitative estimate of drug-likeness (QED) is 0.923. The third kappa shape index (κ3) is 2.46. The van der Waals surface area contributed by atoms with E-state index in [-0.39, 0.29) is 17.4 Å². The Balaban J connectivity index is 1.64. The first kappa shape index (κ1) is 14.2. The van der Waals surface area contributed by atoms with E-state index in [1.165, 1.54) is 23.6 Å². The Bertz CT molecular complexity index is 813. The predicted molar refractivity (Wildman–Crippen MR) is 83.6 cm³/mol. The second-order valence-corrected chi connectivity index (χ2v) is 6.49. The number of amides is 1. The van der Waals surface area contributed by atoms with Crippen molar-refractivity contribution < 1.29 is 4.79 Å². The molecule has 0 radical (unpaired) electrons. The van der Waals surface area contributed by atoms with E-state index < -0.39 is 0 Å². The fourth-order valence-corrected chi connectivity index (χ4v) is 3.25. The van der Waals surface area contributed by atoms with Gasteiger partial charge in [0.2, 0.25) is 0 Å². The number of hydrogen-bond donors (Lipinski definition) is 1. The minimum Gasteiger partial charge on any atom is -0.334 e. The standard InChI is InChI=1S/C16H19N5O2/c1-9-7-10(2)18-16(17-9)21-14(22)8-12(19-21)15(23)20-6-5-13(20)11-3-4-11/h7-8,11,13,19H,3-6H2,1-2H3. The molecule has 0 spiro atoms. The second-order valence-electron chi connectivity index (χ2n) is 6.49. The van der Waals surface area contributed by atoms with Gasteiger partial charge in [0.05, 0.1) is 0 Å². The van der Waals surface area contributed by atoms with E-state index in [0.29, 0.717) is 17.7 Å². The van der Waals surface area contributed by atoms with Gasteiger partial charge in [0.25, 0.3) is 17.4 Å². The van der Waals surface area contributed by atoms with E-state index in [1.54, 1.807) is 0 Å². The Morgan fingerprint density at radius 3 is 2.43 bits per heavy atom. The highest BCUT2D eigenvalue weighted by Gasteiger charge is 2.43. The number of carbonyl (C=O) groups excluding carboxylic acids is 1. The number of H-pyrrole nitrogens is 1. The Morgan fingerprint density at radius 2 is 1.87 bits per heavy atom. The summed E-state index contributed by atoms with van der Waals surface area (Å²) < 4.78 is 1.24. The molecule has 2 aromatic rings. The zero-order valence-corrected chi connectivity index (χ0v) is 13.2. The minimum absolute atomic E-state index is 0.103. The molecule has 2 fully saturated rings. The van der Waals surface area contributed by atoms with Crippen molar-refractivity contribution in [2.24, 2.45) is 5.92 Å². The van der Waals surface area contributed by atoms with Gasteiger partial charge in [-0.3, -0.25) is 14.7 Å². The maximum Gasteiger partial charge on any atom is 0.274 e. The molecule has 1 N–H and O–H groups in total. The Morgan fingerprint density at radius 1 is 1.17 bits per heavy atom. The molecule has 1 atom stereocenters. The molecule has 1 aliphatic heterocycles. The molecule has 4 rings (SSSR count). The van der Waals surface area contributed by atoms with Gasteiger partial charge in [0, 0.05) is 30.0 Å². The lowest BCUT2D eigenvalue weighted by molar-refractivity contribution is 0.0405.